The Hall–Kier alpha value is -2.49. The normalized spacial score (nSPS) is 18.3. The molecule has 0 spiro atoms. The minimum Gasteiger partial charge on any atom is -0.469 e. The van der Waals surface area contributed by atoms with E-state index >= 15 is 0 Å². The molecular formula is C12H12N4O3. The van der Waals surface area contributed by atoms with E-state index in [-0.39, 0.29) is 30.3 Å². The fourth-order valence-corrected chi connectivity index (χ4v) is 1.98. The number of carbonyl (C=O) groups is 2. The number of hydrogen-bond acceptors (Lipinski definition) is 6. The van der Waals surface area contributed by atoms with Crippen LogP contribution < -0.4 is 4.90 Å². The minimum atomic E-state index is -0.515. The third-order valence-electron chi connectivity index (χ3n) is 2.92. The third-order valence-corrected chi connectivity index (χ3v) is 2.92. The van der Waals surface area contributed by atoms with Gasteiger partial charge in [-0.15, -0.1) is 0 Å². The monoisotopic (exact) mass is 260 g/mol. The highest BCUT2D eigenvalue weighted by Crippen LogP contribution is 2.26. The van der Waals surface area contributed by atoms with Crippen LogP contribution in [0.3, 0.4) is 0 Å². The predicted octanol–water partition coefficient (Wildman–Crippen LogP) is 0.183. The minimum absolute atomic E-state index is 0.0700. The van der Waals surface area contributed by atoms with Crippen LogP contribution >= 0.6 is 0 Å². The summed E-state index contributed by atoms with van der Waals surface area (Å²) < 4.78 is 4.63. The average Bonchev–Trinajstić information content (AvgIpc) is 2.79. The molecule has 2 rings (SSSR count). The Labute approximate surface area is 109 Å². The van der Waals surface area contributed by atoms with E-state index in [1.807, 2.05) is 6.07 Å². The third kappa shape index (κ3) is 2.38. The van der Waals surface area contributed by atoms with E-state index in [4.69, 9.17) is 5.26 Å². The molecule has 19 heavy (non-hydrogen) atoms. The van der Waals surface area contributed by atoms with Gasteiger partial charge in [-0.3, -0.25) is 14.5 Å². The zero-order valence-electron chi connectivity index (χ0n) is 10.6. The number of carbonyl (C=O) groups excluding carboxylic acids is 2. The van der Waals surface area contributed by atoms with E-state index in [1.165, 1.54) is 18.2 Å². The maximum atomic E-state index is 11.9. The molecule has 0 aliphatic carbocycles. The molecule has 1 amide bonds. The summed E-state index contributed by atoms with van der Waals surface area (Å²) in [6, 6.07) is 1.94. The van der Waals surface area contributed by atoms with Crippen LogP contribution in [0, 0.1) is 24.2 Å². The molecule has 0 saturated carbocycles. The maximum absolute atomic E-state index is 11.9. The first-order valence-corrected chi connectivity index (χ1v) is 5.68. The van der Waals surface area contributed by atoms with E-state index in [0.29, 0.717) is 5.82 Å². The molecule has 0 radical (unpaired) electrons. The number of ether oxygens (including phenoxy) is 1. The molecule has 1 aliphatic rings. The van der Waals surface area contributed by atoms with Crippen LogP contribution in [0.5, 0.6) is 0 Å². The first kappa shape index (κ1) is 13.0. The van der Waals surface area contributed by atoms with Crippen LogP contribution in [0.1, 0.15) is 17.8 Å². The number of aryl methyl sites for hydroxylation is 1. The van der Waals surface area contributed by atoms with Crippen molar-refractivity contribution in [1.82, 2.24) is 9.97 Å². The van der Waals surface area contributed by atoms with Crippen molar-refractivity contribution in [3.63, 3.8) is 0 Å². The van der Waals surface area contributed by atoms with Crippen molar-refractivity contribution in [2.75, 3.05) is 18.6 Å². The fourth-order valence-electron chi connectivity index (χ4n) is 1.98. The highest BCUT2D eigenvalue weighted by molar-refractivity contribution is 5.99. The number of rotatable bonds is 2. The molecule has 1 aromatic heterocycles. The Morgan fingerprint density at radius 3 is 3.00 bits per heavy atom. The van der Waals surface area contributed by atoms with Gasteiger partial charge in [0.2, 0.25) is 5.91 Å². The highest BCUT2D eigenvalue weighted by atomic mass is 16.5. The summed E-state index contributed by atoms with van der Waals surface area (Å²) in [6.45, 7) is 1.85. The Kier molecular flexibility index (Phi) is 3.42. The van der Waals surface area contributed by atoms with Gasteiger partial charge in [-0.05, 0) is 6.92 Å². The number of amides is 1. The summed E-state index contributed by atoms with van der Waals surface area (Å²) in [5.74, 6) is -0.473. The maximum Gasteiger partial charge on any atom is 0.311 e. The molecule has 1 unspecified atom stereocenters. The first-order valence-electron chi connectivity index (χ1n) is 5.68. The molecule has 0 bridgehead atoms. The molecule has 1 atom stereocenters. The summed E-state index contributed by atoms with van der Waals surface area (Å²) in [6.07, 6.45) is 1.44. The standard InChI is InChI=1S/C12H12N4O3/c1-7-14-5-9(4-13)11(15-7)16-6-8(3-10(16)17)12(18)19-2/h5,8H,3,6H2,1-2H3. The number of methoxy groups -OCH3 is 1. The second-order valence-electron chi connectivity index (χ2n) is 4.19. The Balaban J connectivity index is 2.33. The number of aromatic nitrogens is 2. The largest absolute Gasteiger partial charge is 0.469 e. The van der Waals surface area contributed by atoms with E-state index < -0.39 is 11.9 Å². The Bertz CT molecular complexity index is 579. The number of nitriles is 1. The van der Waals surface area contributed by atoms with Gasteiger partial charge in [0.15, 0.2) is 5.82 Å². The zero-order chi connectivity index (χ0) is 14.0. The van der Waals surface area contributed by atoms with Crippen LogP contribution in [-0.4, -0.2) is 35.5 Å². The summed E-state index contributed by atoms with van der Waals surface area (Å²) >= 11 is 0. The quantitative estimate of drug-likeness (QED) is 0.704. The summed E-state index contributed by atoms with van der Waals surface area (Å²) in [5, 5.41) is 9.02. The van der Waals surface area contributed by atoms with Crippen LogP contribution in [0.2, 0.25) is 0 Å². The van der Waals surface area contributed by atoms with Crippen LogP contribution in [-0.2, 0) is 14.3 Å². The smallest absolute Gasteiger partial charge is 0.311 e. The lowest BCUT2D eigenvalue weighted by atomic mass is 10.1. The van der Waals surface area contributed by atoms with Crippen molar-refractivity contribution >= 4 is 17.7 Å². The van der Waals surface area contributed by atoms with E-state index in [0.717, 1.165) is 0 Å². The molecule has 0 aromatic carbocycles. The van der Waals surface area contributed by atoms with Crippen molar-refractivity contribution in [2.45, 2.75) is 13.3 Å². The highest BCUT2D eigenvalue weighted by Gasteiger charge is 2.37. The lowest BCUT2D eigenvalue weighted by Gasteiger charge is -2.16. The van der Waals surface area contributed by atoms with Crippen molar-refractivity contribution in [2.24, 2.45) is 5.92 Å². The van der Waals surface area contributed by atoms with Crippen LogP contribution in [0.25, 0.3) is 0 Å². The summed E-state index contributed by atoms with van der Waals surface area (Å²) in [5.41, 5.74) is 0.212. The van der Waals surface area contributed by atoms with Crippen molar-refractivity contribution in [3.05, 3.63) is 17.6 Å². The predicted molar refractivity (Wildman–Crippen MR) is 64.0 cm³/mol. The summed E-state index contributed by atoms with van der Waals surface area (Å²) in [7, 11) is 1.28. The Morgan fingerprint density at radius 1 is 1.63 bits per heavy atom. The van der Waals surface area contributed by atoms with Crippen molar-refractivity contribution < 1.29 is 14.3 Å². The fraction of sp³-hybridized carbons (Fsp3) is 0.417. The second-order valence-corrected chi connectivity index (χ2v) is 4.19. The van der Waals surface area contributed by atoms with Crippen molar-refractivity contribution in [1.29, 1.82) is 5.26 Å². The van der Waals surface area contributed by atoms with Gasteiger partial charge in [-0.25, -0.2) is 9.97 Å². The SMILES string of the molecule is COC(=O)C1CC(=O)N(c2nc(C)ncc2C#N)C1. The van der Waals surface area contributed by atoms with E-state index in [2.05, 4.69) is 14.7 Å². The second kappa shape index (κ2) is 5.02. The van der Waals surface area contributed by atoms with Crippen molar-refractivity contribution in [3.8, 4) is 6.07 Å². The van der Waals surface area contributed by atoms with Gasteiger partial charge in [-0.2, -0.15) is 5.26 Å². The van der Waals surface area contributed by atoms with Gasteiger partial charge in [-0.1, -0.05) is 0 Å². The molecule has 1 aromatic rings. The lowest BCUT2D eigenvalue weighted by Crippen LogP contribution is -2.28. The number of esters is 1. The van der Waals surface area contributed by atoms with Gasteiger partial charge in [0.1, 0.15) is 17.5 Å². The van der Waals surface area contributed by atoms with Gasteiger partial charge < -0.3 is 4.74 Å². The van der Waals surface area contributed by atoms with E-state index in [1.54, 1.807) is 6.92 Å². The average molecular weight is 260 g/mol. The molecule has 7 nitrogen and oxygen atoms in total. The number of nitrogens with zero attached hydrogens (tertiary/aromatic N) is 4. The van der Waals surface area contributed by atoms with Gasteiger partial charge in [0.05, 0.1) is 19.2 Å². The van der Waals surface area contributed by atoms with Gasteiger partial charge in [0, 0.05) is 13.0 Å². The molecule has 0 N–H and O–H groups in total. The van der Waals surface area contributed by atoms with Crippen LogP contribution in [0.15, 0.2) is 6.20 Å². The number of hydrogen-bond donors (Lipinski definition) is 0. The summed E-state index contributed by atoms with van der Waals surface area (Å²) in [4.78, 5) is 32.8. The molecule has 98 valence electrons. The van der Waals surface area contributed by atoms with E-state index in [9.17, 15) is 9.59 Å². The van der Waals surface area contributed by atoms with Crippen LogP contribution in [0.4, 0.5) is 5.82 Å². The topological polar surface area (TPSA) is 96.2 Å². The first-order chi connectivity index (χ1) is 9.06. The lowest BCUT2D eigenvalue weighted by molar-refractivity contribution is -0.145. The molecular weight excluding hydrogens is 248 g/mol. The molecule has 1 aliphatic heterocycles. The van der Waals surface area contributed by atoms with Gasteiger partial charge in [0.25, 0.3) is 0 Å². The molecule has 1 saturated heterocycles. The zero-order valence-corrected chi connectivity index (χ0v) is 10.6. The molecule has 1 fully saturated rings. The number of anilines is 1. The Morgan fingerprint density at radius 2 is 2.37 bits per heavy atom. The molecule has 2 heterocycles. The van der Waals surface area contributed by atoms with Gasteiger partial charge >= 0.3 is 5.97 Å². The molecule has 7 heteroatoms.